The fraction of sp³-hybridized carbons (Fsp3) is 0.742. The molecule has 1 aromatic rings. The number of benzene rings is 1. The van der Waals surface area contributed by atoms with Crippen LogP contribution in [0.1, 0.15) is 72.8 Å². The largest absolute Gasteiger partial charge is 0.386 e. The van der Waals surface area contributed by atoms with Gasteiger partial charge in [-0.05, 0) is 57.6 Å². The molecule has 0 amide bonds. The normalized spacial score (nSPS) is 44.3. The zero-order valence-electron chi connectivity index (χ0n) is 23.3. The van der Waals surface area contributed by atoms with Crippen molar-refractivity contribution in [2.24, 2.45) is 22.7 Å². The average molecular weight is 513 g/mol. The van der Waals surface area contributed by atoms with Crippen LogP contribution in [0.5, 0.6) is 0 Å². The van der Waals surface area contributed by atoms with Crippen molar-refractivity contribution in [2.75, 3.05) is 13.4 Å². The van der Waals surface area contributed by atoms with Crippen molar-refractivity contribution in [3.63, 3.8) is 0 Å². The molecule has 1 aromatic carbocycles. The third kappa shape index (κ3) is 3.81. The Hall–Kier alpha value is -1.28. The van der Waals surface area contributed by atoms with E-state index in [4.69, 9.17) is 23.7 Å². The predicted octanol–water partition coefficient (Wildman–Crippen LogP) is 5.38. The minimum absolute atomic E-state index is 0.0551. The zero-order chi connectivity index (χ0) is 26.2. The molecule has 2 aliphatic heterocycles. The zero-order valence-corrected chi connectivity index (χ0v) is 23.3. The Bertz CT molecular complexity index is 1050. The van der Waals surface area contributed by atoms with Crippen LogP contribution < -0.4 is 0 Å². The van der Waals surface area contributed by atoms with Crippen molar-refractivity contribution in [1.82, 2.24) is 0 Å². The van der Waals surface area contributed by atoms with Crippen LogP contribution in [0.3, 0.4) is 0 Å². The molecule has 8 atom stereocenters. The van der Waals surface area contributed by atoms with Gasteiger partial charge in [-0.15, -0.1) is 0 Å². The first-order valence-corrected chi connectivity index (χ1v) is 14.1. The van der Waals surface area contributed by atoms with Gasteiger partial charge in [-0.3, -0.25) is 0 Å². The summed E-state index contributed by atoms with van der Waals surface area (Å²) in [7, 11) is 0. The number of ether oxygens (including phenoxy) is 5. The Kier molecular flexibility index (Phi) is 6.22. The minimum Gasteiger partial charge on any atom is -0.386 e. The summed E-state index contributed by atoms with van der Waals surface area (Å²) in [5.41, 5.74) is 2.17. The summed E-state index contributed by atoms with van der Waals surface area (Å²) in [6, 6.07) is 10.3. The average Bonchev–Trinajstić information content (AvgIpc) is 3.26. The second kappa shape index (κ2) is 8.87. The molecule has 0 radical (unpaired) electrons. The standard InChI is InChI=1S/C31H44O6/c1-19-12-15-31-26(34-18-36-31)24-21-17-35-29(4,5)37-22(21)13-14-30(24,6)27(25(32)23(19)28(31,2)3)33-16-20-10-8-7-9-11-20/h7-11,21-22,24-27,32H,12-18H2,1-6H3/t21-,22-,24-,25+,26-,27-,30+,31+/m0/s1. The van der Waals surface area contributed by atoms with E-state index in [0.717, 1.165) is 36.8 Å². The van der Waals surface area contributed by atoms with Crippen LogP contribution in [0.4, 0.5) is 0 Å². The van der Waals surface area contributed by atoms with Gasteiger partial charge in [0.2, 0.25) is 0 Å². The molecule has 37 heavy (non-hydrogen) atoms. The van der Waals surface area contributed by atoms with Gasteiger partial charge < -0.3 is 28.8 Å². The third-order valence-corrected chi connectivity index (χ3v) is 10.6. The molecule has 0 aromatic heterocycles. The number of aliphatic hydroxyl groups is 1. The molecule has 5 aliphatic rings. The molecule has 1 N–H and O–H groups in total. The van der Waals surface area contributed by atoms with Crippen LogP contribution >= 0.6 is 0 Å². The Morgan fingerprint density at radius 2 is 1.78 bits per heavy atom. The summed E-state index contributed by atoms with van der Waals surface area (Å²) in [6.07, 6.45) is 2.39. The number of rotatable bonds is 3. The van der Waals surface area contributed by atoms with Crippen molar-refractivity contribution < 1.29 is 28.8 Å². The van der Waals surface area contributed by atoms with E-state index in [-0.39, 0.29) is 36.3 Å². The van der Waals surface area contributed by atoms with Crippen LogP contribution in [0.2, 0.25) is 0 Å². The Morgan fingerprint density at radius 1 is 1.03 bits per heavy atom. The van der Waals surface area contributed by atoms with Crippen molar-refractivity contribution >= 4 is 0 Å². The van der Waals surface area contributed by atoms with Gasteiger partial charge in [-0.25, -0.2) is 0 Å². The molecule has 2 saturated carbocycles. The number of allylic oxidation sites excluding steroid dienone is 1. The fourth-order valence-electron chi connectivity index (χ4n) is 8.84. The summed E-state index contributed by atoms with van der Waals surface area (Å²) in [6.45, 7) is 14.3. The Morgan fingerprint density at radius 3 is 2.54 bits per heavy atom. The van der Waals surface area contributed by atoms with Gasteiger partial charge in [0, 0.05) is 22.7 Å². The highest BCUT2D eigenvalue weighted by Crippen LogP contribution is 2.65. The maximum atomic E-state index is 12.3. The van der Waals surface area contributed by atoms with Crippen molar-refractivity contribution in [3.05, 3.63) is 47.0 Å². The topological polar surface area (TPSA) is 66.4 Å². The molecule has 204 valence electrons. The summed E-state index contributed by atoms with van der Waals surface area (Å²) >= 11 is 0. The first kappa shape index (κ1) is 26.0. The van der Waals surface area contributed by atoms with E-state index in [0.29, 0.717) is 13.2 Å². The molecule has 6 heteroatoms. The van der Waals surface area contributed by atoms with Gasteiger partial charge in [-0.1, -0.05) is 56.7 Å². The second-order valence-electron chi connectivity index (χ2n) is 13.3. The van der Waals surface area contributed by atoms with Gasteiger partial charge in [0.25, 0.3) is 0 Å². The molecular weight excluding hydrogens is 468 g/mol. The highest BCUT2D eigenvalue weighted by molar-refractivity contribution is 5.37. The maximum Gasteiger partial charge on any atom is 0.163 e. The first-order valence-electron chi connectivity index (χ1n) is 14.1. The molecule has 1 spiro atoms. The third-order valence-electron chi connectivity index (χ3n) is 10.6. The summed E-state index contributed by atoms with van der Waals surface area (Å²) < 4.78 is 32.9. The minimum atomic E-state index is -0.730. The van der Waals surface area contributed by atoms with Crippen molar-refractivity contribution in [3.8, 4) is 0 Å². The lowest BCUT2D eigenvalue weighted by atomic mass is 9.47. The number of aliphatic hydroxyl groups excluding tert-OH is 1. The van der Waals surface area contributed by atoms with Crippen molar-refractivity contribution in [1.29, 1.82) is 0 Å². The fourth-order valence-corrected chi connectivity index (χ4v) is 8.84. The van der Waals surface area contributed by atoms with Crippen LogP contribution in [0.25, 0.3) is 0 Å². The lowest BCUT2D eigenvalue weighted by Gasteiger charge is -2.64. The van der Waals surface area contributed by atoms with Gasteiger partial charge in [0.1, 0.15) is 18.5 Å². The van der Waals surface area contributed by atoms with Crippen molar-refractivity contribution in [2.45, 2.75) is 110 Å². The smallest absolute Gasteiger partial charge is 0.163 e. The van der Waals surface area contributed by atoms with E-state index in [1.54, 1.807) is 0 Å². The highest BCUT2D eigenvalue weighted by atomic mass is 16.7. The van der Waals surface area contributed by atoms with E-state index in [9.17, 15) is 5.11 Å². The molecule has 0 unspecified atom stereocenters. The maximum absolute atomic E-state index is 12.3. The summed E-state index contributed by atoms with van der Waals surface area (Å²) in [5, 5.41) is 12.3. The van der Waals surface area contributed by atoms with Gasteiger partial charge in [-0.2, -0.15) is 0 Å². The molecule has 4 fully saturated rings. The molecule has 6 rings (SSSR count). The molecule has 2 saturated heterocycles. The van der Waals surface area contributed by atoms with Gasteiger partial charge in [0.15, 0.2) is 5.79 Å². The van der Waals surface area contributed by atoms with E-state index >= 15 is 0 Å². The Labute approximate surface area is 221 Å². The molecule has 3 aliphatic carbocycles. The highest BCUT2D eigenvalue weighted by Gasteiger charge is 2.70. The van der Waals surface area contributed by atoms with Crippen LogP contribution in [-0.2, 0) is 30.3 Å². The van der Waals surface area contributed by atoms with Crippen LogP contribution in [0, 0.1) is 22.7 Å². The SMILES string of the molecule is CC1=C2[C@@H](O)[C@H](OCc3ccccc3)[C@]3(C)CC[C@@H]4OC(C)(C)OC[C@@H]4[C@H]3[C@@H]3OCO[C@@]3(CC1)C2(C)C. The van der Waals surface area contributed by atoms with E-state index in [1.807, 2.05) is 32.0 Å². The molecular formula is C31H44O6. The molecule has 2 heterocycles. The van der Waals surface area contributed by atoms with E-state index in [1.165, 1.54) is 5.57 Å². The molecule has 6 nitrogen and oxygen atoms in total. The van der Waals surface area contributed by atoms with E-state index < -0.39 is 29.0 Å². The number of hydrogen-bond donors (Lipinski definition) is 1. The summed E-state index contributed by atoms with van der Waals surface area (Å²) in [5.74, 6) is -0.407. The lowest BCUT2D eigenvalue weighted by molar-refractivity contribution is -0.329. The quantitative estimate of drug-likeness (QED) is 0.549. The number of hydrogen-bond acceptors (Lipinski definition) is 6. The van der Waals surface area contributed by atoms with E-state index in [2.05, 4.69) is 39.8 Å². The van der Waals surface area contributed by atoms with Crippen LogP contribution in [0.15, 0.2) is 41.5 Å². The Balaban J connectivity index is 1.49. The molecule has 2 bridgehead atoms. The number of fused-ring (bicyclic) bond motifs is 5. The first-order chi connectivity index (χ1) is 17.5. The monoisotopic (exact) mass is 512 g/mol. The van der Waals surface area contributed by atoms with Crippen LogP contribution in [-0.4, -0.2) is 54.3 Å². The van der Waals surface area contributed by atoms with Gasteiger partial charge >= 0.3 is 0 Å². The summed E-state index contributed by atoms with van der Waals surface area (Å²) in [4.78, 5) is 0. The second-order valence-corrected chi connectivity index (χ2v) is 13.3. The lowest BCUT2D eigenvalue weighted by Crippen LogP contribution is -2.70. The predicted molar refractivity (Wildman–Crippen MR) is 140 cm³/mol. The van der Waals surface area contributed by atoms with Gasteiger partial charge in [0.05, 0.1) is 31.5 Å².